The van der Waals surface area contributed by atoms with Crippen LogP contribution in [0.1, 0.15) is 43.0 Å². The minimum absolute atomic E-state index is 0.0436. The molecule has 142 valence electrons. The summed E-state index contributed by atoms with van der Waals surface area (Å²) in [6.07, 6.45) is 0. The predicted molar refractivity (Wildman–Crippen MR) is 104 cm³/mol. The van der Waals surface area contributed by atoms with Crippen LogP contribution in [0.25, 0.3) is 0 Å². The second-order valence-electron chi connectivity index (χ2n) is 6.88. The van der Waals surface area contributed by atoms with Crippen LogP contribution in [-0.4, -0.2) is 41.4 Å². The molecule has 0 spiro atoms. The Morgan fingerprint density at radius 1 is 0.889 bits per heavy atom. The average molecular weight is 368 g/mol. The predicted octanol–water partition coefficient (Wildman–Crippen LogP) is 3.33. The van der Waals surface area contributed by atoms with E-state index in [0.29, 0.717) is 5.56 Å². The minimum Gasteiger partial charge on any atom is -0.478 e. The van der Waals surface area contributed by atoms with E-state index in [0.717, 1.165) is 22.4 Å². The molecule has 0 aromatic heterocycles. The number of nitrogens with zero attached hydrogens (tertiary/aromatic N) is 1. The third-order valence-electron chi connectivity index (χ3n) is 4.24. The van der Waals surface area contributed by atoms with Crippen molar-refractivity contribution in [3.8, 4) is 0 Å². The van der Waals surface area contributed by atoms with Crippen molar-refractivity contribution in [2.24, 2.45) is 0 Å². The number of carbonyl (C=O) groups excluding carboxylic acids is 2. The van der Waals surface area contributed by atoms with Crippen LogP contribution in [-0.2, 0) is 4.79 Å². The number of carbonyl (C=O) groups is 3. The molecule has 0 atom stereocenters. The molecule has 0 saturated carbocycles. The number of carboxylic acids is 1. The van der Waals surface area contributed by atoms with E-state index in [1.54, 1.807) is 13.0 Å². The van der Waals surface area contributed by atoms with E-state index in [2.05, 4.69) is 5.32 Å². The first-order valence-corrected chi connectivity index (χ1v) is 8.56. The number of anilines is 1. The topological polar surface area (TPSA) is 86.7 Å². The molecule has 2 aromatic carbocycles. The summed E-state index contributed by atoms with van der Waals surface area (Å²) in [4.78, 5) is 37.4. The molecule has 2 N–H and O–H groups in total. The lowest BCUT2D eigenvalue weighted by molar-refractivity contribution is -0.116. The van der Waals surface area contributed by atoms with Crippen LogP contribution in [0.15, 0.2) is 30.3 Å². The molecule has 0 aliphatic heterocycles. The van der Waals surface area contributed by atoms with Gasteiger partial charge in [-0.25, -0.2) is 4.79 Å². The number of rotatable bonds is 5. The Morgan fingerprint density at radius 3 is 1.96 bits per heavy atom. The number of hydrogen-bond donors (Lipinski definition) is 2. The quantitative estimate of drug-likeness (QED) is 0.847. The Morgan fingerprint density at radius 2 is 1.41 bits per heavy atom. The maximum Gasteiger partial charge on any atom is 0.335 e. The Balaban J connectivity index is 2.13. The zero-order chi connectivity index (χ0) is 20.3. The van der Waals surface area contributed by atoms with E-state index < -0.39 is 11.9 Å². The molecule has 6 heteroatoms. The molecule has 27 heavy (non-hydrogen) atoms. The van der Waals surface area contributed by atoms with Crippen LogP contribution in [0.3, 0.4) is 0 Å². The molecular weight excluding hydrogens is 344 g/mol. The van der Waals surface area contributed by atoms with Gasteiger partial charge in [-0.3, -0.25) is 9.59 Å². The van der Waals surface area contributed by atoms with E-state index >= 15 is 0 Å². The van der Waals surface area contributed by atoms with Crippen LogP contribution in [0.4, 0.5) is 5.69 Å². The molecule has 2 amide bonds. The maximum absolute atomic E-state index is 12.6. The van der Waals surface area contributed by atoms with Crippen LogP contribution in [0.5, 0.6) is 0 Å². The van der Waals surface area contributed by atoms with Gasteiger partial charge in [-0.15, -0.1) is 0 Å². The average Bonchev–Trinajstić information content (AvgIpc) is 2.56. The molecule has 2 rings (SSSR count). The van der Waals surface area contributed by atoms with Gasteiger partial charge in [0.25, 0.3) is 5.91 Å². The Labute approximate surface area is 158 Å². The Bertz CT molecular complexity index is 895. The minimum atomic E-state index is -1.10. The van der Waals surface area contributed by atoms with Gasteiger partial charge in [-0.1, -0.05) is 17.7 Å². The van der Waals surface area contributed by atoms with Crippen LogP contribution in [0.2, 0.25) is 0 Å². The van der Waals surface area contributed by atoms with Gasteiger partial charge in [0, 0.05) is 18.3 Å². The molecule has 0 heterocycles. The van der Waals surface area contributed by atoms with Gasteiger partial charge < -0.3 is 15.3 Å². The zero-order valence-corrected chi connectivity index (χ0v) is 16.2. The van der Waals surface area contributed by atoms with Crippen molar-refractivity contribution in [2.75, 3.05) is 18.9 Å². The van der Waals surface area contributed by atoms with Crippen molar-refractivity contribution < 1.29 is 19.5 Å². The Kier molecular flexibility index (Phi) is 6.00. The van der Waals surface area contributed by atoms with E-state index in [9.17, 15) is 14.4 Å². The second kappa shape index (κ2) is 8.03. The first-order valence-electron chi connectivity index (χ1n) is 8.56. The summed E-state index contributed by atoms with van der Waals surface area (Å²) in [7, 11) is 1.51. The number of carboxylic acid groups (broad SMARTS) is 1. The molecule has 0 saturated heterocycles. The van der Waals surface area contributed by atoms with Gasteiger partial charge in [0.2, 0.25) is 5.91 Å². The number of aromatic carboxylic acids is 1. The SMILES string of the molecule is Cc1cc(C(=O)O)cc(C(=O)N(C)CC(=O)Nc2c(C)cc(C)cc2C)c1. The highest BCUT2D eigenvalue weighted by atomic mass is 16.4. The molecule has 2 aromatic rings. The van der Waals surface area contributed by atoms with Crippen molar-refractivity contribution in [1.82, 2.24) is 4.90 Å². The summed E-state index contributed by atoms with van der Waals surface area (Å²) in [6.45, 7) is 7.42. The van der Waals surface area contributed by atoms with Gasteiger partial charge in [0.15, 0.2) is 0 Å². The molecule has 0 aliphatic carbocycles. The molecule has 0 unspecified atom stereocenters. The van der Waals surface area contributed by atoms with Crippen molar-refractivity contribution in [1.29, 1.82) is 0 Å². The lowest BCUT2D eigenvalue weighted by Crippen LogP contribution is -2.35. The summed E-state index contributed by atoms with van der Waals surface area (Å²) in [5, 5.41) is 12.0. The number of aryl methyl sites for hydroxylation is 4. The molecule has 0 aliphatic rings. The van der Waals surface area contributed by atoms with Crippen LogP contribution >= 0.6 is 0 Å². The van der Waals surface area contributed by atoms with Crippen molar-refractivity contribution >= 4 is 23.5 Å². The summed E-state index contributed by atoms with van der Waals surface area (Å²) in [5.41, 5.74) is 4.73. The fraction of sp³-hybridized carbons (Fsp3) is 0.286. The van der Waals surface area contributed by atoms with E-state index in [1.807, 2.05) is 32.9 Å². The highest BCUT2D eigenvalue weighted by Gasteiger charge is 2.18. The molecule has 0 radical (unpaired) electrons. The summed E-state index contributed by atoms with van der Waals surface area (Å²) in [5.74, 6) is -1.82. The highest BCUT2D eigenvalue weighted by molar-refractivity contribution is 6.01. The van der Waals surface area contributed by atoms with Gasteiger partial charge in [0.05, 0.1) is 12.1 Å². The lowest BCUT2D eigenvalue weighted by Gasteiger charge is -2.19. The van der Waals surface area contributed by atoms with Crippen molar-refractivity contribution in [3.63, 3.8) is 0 Å². The maximum atomic E-state index is 12.6. The Hall–Kier alpha value is -3.15. The van der Waals surface area contributed by atoms with Crippen molar-refractivity contribution in [2.45, 2.75) is 27.7 Å². The van der Waals surface area contributed by atoms with Crippen molar-refractivity contribution in [3.05, 3.63) is 63.7 Å². The zero-order valence-electron chi connectivity index (χ0n) is 16.2. The third-order valence-corrected chi connectivity index (χ3v) is 4.24. The van der Waals surface area contributed by atoms with Gasteiger partial charge in [-0.05, 0) is 62.6 Å². The van der Waals surface area contributed by atoms with Crippen LogP contribution < -0.4 is 5.32 Å². The number of likely N-dealkylation sites (N-methyl/N-ethyl adjacent to an activating group) is 1. The van der Waals surface area contributed by atoms with Gasteiger partial charge in [0.1, 0.15) is 0 Å². The standard InChI is InChI=1S/C21H24N2O4/c1-12-6-14(3)19(15(4)7-12)22-18(24)11-23(5)20(25)16-8-13(2)9-17(10-16)21(26)27/h6-10H,11H2,1-5H3,(H,22,24)(H,26,27). The van der Waals surface area contributed by atoms with E-state index in [-0.39, 0.29) is 23.6 Å². The number of nitrogens with one attached hydrogen (secondary N) is 1. The largest absolute Gasteiger partial charge is 0.478 e. The third kappa shape index (κ3) is 4.94. The van der Waals surface area contributed by atoms with E-state index in [1.165, 1.54) is 24.1 Å². The lowest BCUT2D eigenvalue weighted by atomic mass is 10.0. The second-order valence-corrected chi connectivity index (χ2v) is 6.88. The molecule has 0 fully saturated rings. The monoisotopic (exact) mass is 368 g/mol. The molecule has 6 nitrogen and oxygen atoms in total. The number of benzene rings is 2. The fourth-order valence-electron chi connectivity index (χ4n) is 3.09. The summed E-state index contributed by atoms with van der Waals surface area (Å²) >= 11 is 0. The number of hydrogen-bond acceptors (Lipinski definition) is 3. The first-order chi connectivity index (χ1) is 12.6. The van der Waals surface area contributed by atoms with Gasteiger partial charge in [-0.2, -0.15) is 0 Å². The normalized spacial score (nSPS) is 10.4. The first kappa shape index (κ1) is 20.2. The van der Waals surface area contributed by atoms with E-state index in [4.69, 9.17) is 5.11 Å². The molecule has 0 bridgehead atoms. The van der Waals surface area contributed by atoms with Gasteiger partial charge >= 0.3 is 5.97 Å². The smallest absolute Gasteiger partial charge is 0.335 e. The highest BCUT2D eigenvalue weighted by Crippen LogP contribution is 2.22. The fourth-order valence-corrected chi connectivity index (χ4v) is 3.09. The molecular formula is C21H24N2O4. The van der Waals surface area contributed by atoms with Crippen LogP contribution in [0, 0.1) is 27.7 Å². The summed E-state index contributed by atoms with van der Waals surface area (Å²) < 4.78 is 0. The number of amides is 2. The summed E-state index contributed by atoms with van der Waals surface area (Å²) in [6, 6.07) is 8.39.